The molecule has 3 nitrogen and oxygen atoms in total. The first-order chi connectivity index (χ1) is 10.7. The maximum atomic E-state index is 11.5. The van der Waals surface area contributed by atoms with Gasteiger partial charge in [0.05, 0.1) is 18.3 Å². The summed E-state index contributed by atoms with van der Waals surface area (Å²) in [5, 5.41) is 10.2. The highest BCUT2D eigenvalue weighted by molar-refractivity contribution is 5.90. The summed E-state index contributed by atoms with van der Waals surface area (Å²) in [6, 6.07) is 13.0. The third-order valence-corrected chi connectivity index (χ3v) is 3.92. The molecule has 3 heteroatoms. The van der Waals surface area contributed by atoms with E-state index in [-0.39, 0.29) is 5.97 Å². The van der Waals surface area contributed by atoms with Gasteiger partial charge in [0.1, 0.15) is 0 Å². The molecule has 0 heterocycles. The van der Waals surface area contributed by atoms with Gasteiger partial charge in [0.2, 0.25) is 0 Å². The van der Waals surface area contributed by atoms with E-state index in [0.717, 1.165) is 27.8 Å². The van der Waals surface area contributed by atoms with Gasteiger partial charge in [0.25, 0.3) is 0 Å². The summed E-state index contributed by atoms with van der Waals surface area (Å²) >= 11 is 0. The summed E-state index contributed by atoms with van der Waals surface area (Å²) < 4.78 is 4.70. The van der Waals surface area contributed by atoms with Crippen LogP contribution in [0.2, 0.25) is 0 Å². The molecule has 1 N–H and O–H groups in total. The van der Waals surface area contributed by atoms with Crippen LogP contribution in [0.15, 0.2) is 49.0 Å². The Kier molecular flexibility index (Phi) is 4.71. The highest BCUT2D eigenvalue weighted by atomic mass is 16.5. The number of methoxy groups -OCH3 is 1. The van der Waals surface area contributed by atoms with Crippen LogP contribution in [-0.2, 0) is 10.3 Å². The van der Waals surface area contributed by atoms with Gasteiger partial charge in [0.15, 0.2) is 0 Å². The van der Waals surface area contributed by atoms with Crippen LogP contribution in [0.25, 0.3) is 5.57 Å². The number of aliphatic hydroxyl groups is 1. The zero-order chi connectivity index (χ0) is 17.2. The molecular formula is C20H22O3. The standard InChI is InChI=1S/C20H22O3/c1-13-6-11-17(20(3,4)22)12-18(13)14(2)15-7-9-16(10-8-15)19(21)23-5/h6-12,22H,2H2,1,3-5H3. The molecule has 0 amide bonds. The van der Waals surface area contributed by atoms with Gasteiger partial charge in [-0.05, 0) is 66.8 Å². The molecule has 0 aliphatic rings. The molecule has 0 bridgehead atoms. The van der Waals surface area contributed by atoms with E-state index in [2.05, 4.69) is 6.58 Å². The lowest BCUT2D eigenvalue weighted by molar-refractivity contribution is 0.0600. The Hall–Kier alpha value is -2.39. The Labute approximate surface area is 137 Å². The Balaban J connectivity index is 2.39. The molecule has 0 saturated heterocycles. The first-order valence-electron chi connectivity index (χ1n) is 7.45. The van der Waals surface area contributed by atoms with E-state index < -0.39 is 5.60 Å². The van der Waals surface area contributed by atoms with Gasteiger partial charge < -0.3 is 9.84 Å². The van der Waals surface area contributed by atoms with Gasteiger partial charge in [-0.25, -0.2) is 4.79 Å². The summed E-state index contributed by atoms with van der Waals surface area (Å²) in [7, 11) is 1.36. The molecule has 0 unspecified atom stereocenters. The predicted octanol–water partition coefficient (Wildman–Crippen LogP) is 4.07. The molecule has 0 aliphatic heterocycles. The minimum absolute atomic E-state index is 0.359. The molecule has 23 heavy (non-hydrogen) atoms. The molecule has 0 aromatic heterocycles. The van der Waals surface area contributed by atoms with Crippen molar-refractivity contribution in [3.05, 3.63) is 76.9 Å². The van der Waals surface area contributed by atoms with Crippen molar-refractivity contribution in [2.24, 2.45) is 0 Å². The summed E-state index contributed by atoms with van der Waals surface area (Å²) in [5.74, 6) is -0.359. The summed E-state index contributed by atoms with van der Waals surface area (Å²) in [5.41, 5.74) is 4.28. The zero-order valence-corrected chi connectivity index (χ0v) is 14.0. The quantitative estimate of drug-likeness (QED) is 0.866. The second kappa shape index (κ2) is 6.39. The Morgan fingerprint density at radius 3 is 2.17 bits per heavy atom. The van der Waals surface area contributed by atoms with Crippen molar-refractivity contribution in [3.8, 4) is 0 Å². The molecule has 2 rings (SSSR count). The molecule has 0 spiro atoms. The van der Waals surface area contributed by atoms with E-state index in [1.807, 2.05) is 37.3 Å². The molecule has 0 aliphatic carbocycles. The zero-order valence-electron chi connectivity index (χ0n) is 14.0. The minimum atomic E-state index is -0.905. The number of hydrogen-bond donors (Lipinski definition) is 1. The fraction of sp³-hybridized carbons (Fsp3) is 0.250. The van der Waals surface area contributed by atoms with Crippen LogP contribution in [0, 0.1) is 6.92 Å². The van der Waals surface area contributed by atoms with E-state index in [9.17, 15) is 9.90 Å². The number of carbonyl (C=O) groups is 1. The molecule has 0 saturated carbocycles. The lowest BCUT2D eigenvalue weighted by Crippen LogP contribution is -2.15. The van der Waals surface area contributed by atoms with Crippen molar-refractivity contribution >= 4 is 11.5 Å². The lowest BCUT2D eigenvalue weighted by Gasteiger charge is -2.20. The maximum absolute atomic E-state index is 11.5. The van der Waals surface area contributed by atoms with Gasteiger partial charge in [0, 0.05) is 0 Å². The highest BCUT2D eigenvalue weighted by Crippen LogP contribution is 2.29. The SMILES string of the molecule is C=C(c1ccc(C(=O)OC)cc1)c1cc(C(C)(C)O)ccc1C. The Morgan fingerprint density at radius 1 is 1.09 bits per heavy atom. The average Bonchev–Trinajstić information content (AvgIpc) is 2.53. The number of esters is 1. The van der Waals surface area contributed by atoms with E-state index in [4.69, 9.17) is 4.74 Å². The van der Waals surface area contributed by atoms with Crippen LogP contribution in [0.1, 0.15) is 46.5 Å². The van der Waals surface area contributed by atoms with Crippen molar-refractivity contribution < 1.29 is 14.6 Å². The van der Waals surface area contributed by atoms with Crippen molar-refractivity contribution in [3.63, 3.8) is 0 Å². The van der Waals surface area contributed by atoms with Gasteiger partial charge in [-0.3, -0.25) is 0 Å². The van der Waals surface area contributed by atoms with Crippen molar-refractivity contribution in [2.45, 2.75) is 26.4 Å². The van der Waals surface area contributed by atoms with Crippen LogP contribution in [-0.4, -0.2) is 18.2 Å². The highest BCUT2D eigenvalue weighted by Gasteiger charge is 2.18. The van der Waals surface area contributed by atoms with E-state index in [0.29, 0.717) is 5.56 Å². The van der Waals surface area contributed by atoms with Gasteiger partial charge in [-0.15, -0.1) is 0 Å². The van der Waals surface area contributed by atoms with E-state index >= 15 is 0 Å². The van der Waals surface area contributed by atoms with Crippen LogP contribution >= 0.6 is 0 Å². The van der Waals surface area contributed by atoms with Crippen molar-refractivity contribution in [2.75, 3.05) is 7.11 Å². The van der Waals surface area contributed by atoms with Crippen LogP contribution in [0.3, 0.4) is 0 Å². The molecule has 2 aromatic rings. The number of carbonyl (C=O) groups excluding carboxylic acids is 1. The van der Waals surface area contributed by atoms with Gasteiger partial charge >= 0.3 is 5.97 Å². The third-order valence-electron chi connectivity index (χ3n) is 3.92. The summed E-state index contributed by atoms with van der Waals surface area (Å²) in [6.45, 7) is 9.71. The molecular weight excluding hydrogens is 288 g/mol. The Morgan fingerprint density at radius 2 is 1.65 bits per heavy atom. The van der Waals surface area contributed by atoms with E-state index in [1.54, 1.807) is 26.0 Å². The second-order valence-electron chi connectivity index (χ2n) is 6.14. The van der Waals surface area contributed by atoms with Crippen LogP contribution in [0.5, 0.6) is 0 Å². The normalized spacial score (nSPS) is 11.2. The maximum Gasteiger partial charge on any atom is 0.337 e. The largest absolute Gasteiger partial charge is 0.465 e. The molecule has 0 atom stereocenters. The topological polar surface area (TPSA) is 46.5 Å². The third kappa shape index (κ3) is 3.69. The Bertz CT molecular complexity index is 734. The lowest BCUT2D eigenvalue weighted by atomic mass is 9.89. The fourth-order valence-electron chi connectivity index (χ4n) is 2.41. The summed E-state index contributed by atoms with van der Waals surface area (Å²) in [4.78, 5) is 11.5. The number of rotatable bonds is 4. The fourth-order valence-corrected chi connectivity index (χ4v) is 2.41. The summed E-state index contributed by atoms with van der Waals surface area (Å²) in [6.07, 6.45) is 0. The molecule has 120 valence electrons. The van der Waals surface area contributed by atoms with E-state index in [1.165, 1.54) is 7.11 Å². The van der Waals surface area contributed by atoms with Crippen molar-refractivity contribution in [1.82, 2.24) is 0 Å². The van der Waals surface area contributed by atoms with Crippen molar-refractivity contribution in [1.29, 1.82) is 0 Å². The molecule has 0 fully saturated rings. The number of ether oxygens (including phenoxy) is 1. The predicted molar refractivity (Wildman–Crippen MR) is 92.3 cm³/mol. The first kappa shape index (κ1) is 17.0. The molecule has 2 aromatic carbocycles. The second-order valence-corrected chi connectivity index (χ2v) is 6.14. The first-order valence-corrected chi connectivity index (χ1v) is 7.45. The number of hydrogen-bond acceptors (Lipinski definition) is 3. The van der Waals surface area contributed by atoms with Crippen LogP contribution in [0.4, 0.5) is 0 Å². The average molecular weight is 310 g/mol. The number of aryl methyl sites for hydroxylation is 1. The monoisotopic (exact) mass is 310 g/mol. The smallest absolute Gasteiger partial charge is 0.337 e. The molecule has 0 radical (unpaired) electrons. The van der Waals surface area contributed by atoms with Gasteiger partial charge in [-0.2, -0.15) is 0 Å². The minimum Gasteiger partial charge on any atom is -0.465 e. The number of benzene rings is 2. The van der Waals surface area contributed by atoms with Gasteiger partial charge in [-0.1, -0.05) is 30.8 Å². The van der Waals surface area contributed by atoms with Crippen LogP contribution < -0.4 is 0 Å².